The zero-order valence-electron chi connectivity index (χ0n) is 14.2. The number of benzene rings is 2. The van der Waals surface area contributed by atoms with Gasteiger partial charge in [0.2, 0.25) is 0 Å². The number of pyridine rings is 1. The number of nitriles is 1. The fraction of sp³-hybridized carbons (Fsp3) is 0.190. The van der Waals surface area contributed by atoms with Gasteiger partial charge >= 0.3 is 0 Å². The summed E-state index contributed by atoms with van der Waals surface area (Å²) in [5.74, 6) is 0.166. The van der Waals surface area contributed by atoms with Crippen molar-refractivity contribution in [1.29, 1.82) is 10.7 Å². The highest BCUT2D eigenvalue weighted by atomic mass is 16.3. The van der Waals surface area contributed by atoms with Crippen molar-refractivity contribution in [2.75, 3.05) is 5.73 Å². The number of nitrogens with two attached hydrogens (primary N) is 1. The summed E-state index contributed by atoms with van der Waals surface area (Å²) < 4.78 is 0. The van der Waals surface area contributed by atoms with E-state index in [4.69, 9.17) is 16.1 Å². The summed E-state index contributed by atoms with van der Waals surface area (Å²) >= 11 is 0. The molecule has 0 saturated carbocycles. The number of nitrogens with one attached hydrogen (secondary N) is 1. The number of rotatable bonds is 2. The van der Waals surface area contributed by atoms with Gasteiger partial charge in [-0.3, -0.25) is 0 Å². The van der Waals surface area contributed by atoms with Gasteiger partial charge in [-0.2, -0.15) is 5.26 Å². The van der Waals surface area contributed by atoms with Crippen LogP contribution in [0.3, 0.4) is 0 Å². The van der Waals surface area contributed by atoms with Crippen molar-refractivity contribution in [3.63, 3.8) is 0 Å². The van der Waals surface area contributed by atoms with Crippen LogP contribution in [0.2, 0.25) is 0 Å². The first-order valence-electron chi connectivity index (χ1n) is 8.55. The molecule has 26 heavy (non-hydrogen) atoms. The Balaban J connectivity index is 2.07. The van der Waals surface area contributed by atoms with Crippen molar-refractivity contribution >= 4 is 22.8 Å². The van der Waals surface area contributed by atoms with E-state index in [0.29, 0.717) is 17.7 Å². The molecule has 128 valence electrons. The third-order valence-electron chi connectivity index (χ3n) is 5.10. The summed E-state index contributed by atoms with van der Waals surface area (Å²) in [6.07, 6.45) is 3.49. The number of aryl methyl sites for hydroxylation is 1. The van der Waals surface area contributed by atoms with E-state index in [9.17, 15) is 10.4 Å². The number of anilines is 1. The summed E-state index contributed by atoms with van der Waals surface area (Å²) in [6.45, 7) is 0. The first-order chi connectivity index (χ1) is 12.6. The second-order valence-electron chi connectivity index (χ2n) is 6.64. The zero-order chi connectivity index (χ0) is 18.3. The van der Waals surface area contributed by atoms with Crippen molar-refractivity contribution in [2.24, 2.45) is 5.92 Å². The molecule has 0 saturated heterocycles. The van der Waals surface area contributed by atoms with E-state index in [1.54, 1.807) is 18.2 Å². The molecular formula is C21H18N4O. The van der Waals surface area contributed by atoms with Gasteiger partial charge in [0, 0.05) is 28.4 Å². The third-order valence-corrected chi connectivity index (χ3v) is 5.10. The quantitative estimate of drug-likeness (QED) is 0.486. The minimum Gasteiger partial charge on any atom is -0.508 e. The number of nitrogen functional groups attached to an aromatic ring is 1. The molecule has 0 radical (unpaired) electrons. The van der Waals surface area contributed by atoms with Crippen LogP contribution in [0.4, 0.5) is 5.69 Å². The second kappa shape index (κ2) is 6.16. The van der Waals surface area contributed by atoms with E-state index >= 15 is 0 Å². The van der Waals surface area contributed by atoms with E-state index in [-0.39, 0.29) is 11.7 Å². The smallest absolute Gasteiger partial charge is 0.115 e. The average molecular weight is 342 g/mol. The molecule has 1 unspecified atom stereocenters. The van der Waals surface area contributed by atoms with Crippen LogP contribution in [0, 0.1) is 22.7 Å². The van der Waals surface area contributed by atoms with E-state index in [0.717, 1.165) is 46.1 Å². The maximum atomic E-state index is 9.59. The van der Waals surface area contributed by atoms with Crippen LogP contribution in [0.1, 0.15) is 23.1 Å². The first-order valence-corrected chi connectivity index (χ1v) is 8.55. The first kappa shape index (κ1) is 16.1. The summed E-state index contributed by atoms with van der Waals surface area (Å²) in [5, 5.41) is 27.7. The molecule has 4 rings (SSSR count). The van der Waals surface area contributed by atoms with Crippen LogP contribution in [-0.2, 0) is 12.8 Å². The summed E-state index contributed by atoms with van der Waals surface area (Å²) in [5.41, 5.74) is 12.1. The Kier molecular flexibility index (Phi) is 3.81. The minimum absolute atomic E-state index is 0.0397. The molecule has 5 nitrogen and oxygen atoms in total. The van der Waals surface area contributed by atoms with Crippen molar-refractivity contribution in [3.05, 3.63) is 53.1 Å². The lowest BCUT2D eigenvalue weighted by atomic mass is 9.80. The number of aromatic hydroxyl groups is 1. The van der Waals surface area contributed by atoms with E-state index in [1.165, 1.54) is 6.21 Å². The van der Waals surface area contributed by atoms with Crippen molar-refractivity contribution in [3.8, 4) is 23.1 Å². The molecule has 3 aromatic rings. The molecule has 2 aromatic carbocycles. The minimum atomic E-state index is -0.0397. The Hall–Kier alpha value is -3.39. The Morgan fingerprint density at radius 1 is 1.19 bits per heavy atom. The van der Waals surface area contributed by atoms with Gasteiger partial charge in [0.05, 0.1) is 23.2 Å². The molecule has 0 fully saturated rings. The molecule has 0 spiro atoms. The van der Waals surface area contributed by atoms with E-state index in [1.807, 2.05) is 18.2 Å². The number of aromatic nitrogens is 1. The zero-order valence-corrected chi connectivity index (χ0v) is 14.2. The van der Waals surface area contributed by atoms with Crippen LogP contribution in [0.5, 0.6) is 5.75 Å². The number of phenols is 1. The molecule has 4 N–H and O–H groups in total. The molecule has 1 atom stereocenters. The van der Waals surface area contributed by atoms with Crippen molar-refractivity contribution < 1.29 is 5.11 Å². The molecule has 1 aliphatic rings. The summed E-state index contributed by atoms with van der Waals surface area (Å²) in [4.78, 5) is 4.86. The largest absolute Gasteiger partial charge is 0.508 e. The van der Waals surface area contributed by atoms with Gasteiger partial charge in [-0.1, -0.05) is 0 Å². The summed E-state index contributed by atoms with van der Waals surface area (Å²) in [7, 11) is 0. The van der Waals surface area contributed by atoms with Crippen LogP contribution in [0.15, 0.2) is 36.4 Å². The molecule has 1 aromatic heterocycles. The number of hydrogen-bond donors (Lipinski definition) is 3. The molecule has 0 aliphatic heterocycles. The monoisotopic (exact) mass is 342 g/mol. The van der Waals surface area contributed by atoms with Crippen LogP contribution < -0.4 is 5.73 Å². The maximum absolute atomic E-state index is 9.59. The number of hydrogen-bond acceptors (Lipinski definition) is 5. The van der Waals surface area contributed by atoms with Crippen LogP contribution in [0.25, 0.3) is 22.2 Å². The number of nitrogens with zero attached hydrogens (tertiary/aromatic N) is 2. The molecule has 0 amide bonds. The highest BCUT2D eigenvalue weighted by Crippen LogP contribution is 2.39. The van der Waals surface area contributed by atoms with E-state index in [2.05, 4.69) is 6.07 Å². The lowest BCUT2D eigenvalue weighted by Gasteiger charge is -2.25. The fourth-order valence-corrected chi connectivity index (χ4v) is 3.80. The van der Waals surface area contributed by atoms with Gasteiger partial charge in [-0.25, -0.2) is 4.98 Å². The second-order valence-corrected chi connectivity index (χ2v) is 6.64. The lowest BCUT2D eigenvalue weighted by molar-refractivity contribution is 0.475. The number of phenolic OH excluding ortho intramolecular Hbond substituents is 1. The highest BCUT2D eigenvalue weighted by Gasteiger charge is 2.26. The molecule has 5 heteroatoms. The summed E-state index contributed by atoms with van der Waals surface area (Å²) in [6, 6.07) is 13.0. The Labute approximate surface area is 151 Å². The van der Waals surface area contributed by atoms with Crippen LogP contribution >= 0.6 is 0 Å². The van der Waals surface area contributed by atoms with Gasteiger partial charge in [0.1, 0.15) is 5.75 Å². The molecule has 1 heterocycles. The normalized spacial score (nSPS) is 16.0. The van der Waals surface area contributed by atoms with Crippen LogP contribution in [-0.4, -0.2) is 16.3 Å². The maximum Gasteiger partial charge on any atom is 0.115 e. The topological polar surface area (TPSA) is 107 Å². The van der Waals surface area contributed by atoms with Crippen molar-refractivity contribution in [1.82, 2.24) is 4.98 Å². The van der Waals surface area contributed by atoms with Gasteiger partial charge in [0.15, 0.2) is 0 Å². The highest BCUT2D eigenvalue weighted by molar-refractivity contribution is 6.05. The Bertz CT molecular complexity index is 1060. The lowest BCUT2D eigenvalue weighted by Crippen LogP contribution is -2.16. The Morgan fingerprint density at radius 2 is 1.96 bits per heavy atom. The SMILES string of the molecule is N#CC1CCc2c(c(-c3ccc(O)cc3)nc3ccc(N)c(C=N)c23)C1. The number of fused-ring (bicyclic) bond motifs is 3. The Morgan fingerprint density at radius 3 is 2.65 bits per heavy atom. The molecular weight excluding hydrogens is 324 g/mol. The molecule has 1 aliphatic carbocycles. The van der Waals surface area contributed by atoms with Gasteiger partial charge in [0.25, 0.3) is 0 Å². The third kappa shape index (κ3) is 2.47. The fourth-order valence-electron chi connectivity index (χ4n) is 3.80. The van der Waals surface area contributed by atoms with E-state index < -0.39 is 0 Å². The van der Waals surface area contributed by atoms with Gasteiger partial charge in [-0.05, 0) is 66.8 Å². The standard InChI is InChI=1S/C21H18N4O/c22-10-12-1-6-15-16(9-12)21(13-2-4-14(26)5-3-13)25-19-8-7-18(24)17(11-23)20(15)19/h2-5,7-8,11-12,23,26H,1,6,9,24H2. The van der Waals surface area contributed by atoms with Gasteiger partial charge < -0.3 is 16.2 Å². The van der Waals surface area contributed by atoms with Gasteiger partial charge in [-0.15, -0.1) is 0 Å². The predicted octanol–water partition coefficient (Wildman–Crippen LogP) is 3.82. The van der Waals surface area contributed by atoms with Crippen molar-refractivity contribution in [2.45, 2.75) is 19.3 Å². The average Bonchev–Trinajstić information content (AvgIpc) is 2.67. The predicted molar refractivity (Wildman–Crippen MR) is 102 cm³/mol. The molecule has 0 bridgehead atoms.